The smallest absolute Gasteiger partial charge is 0.347 e. The second kappa shape index (κ2) is 12.9. The topological polar surface area (TPSA) is 92.0 Å². The van der Waals surface area contributed by atoms with Crippen molar-refractivity contribution in [3.8, 4) is 11.5 Å². The van der Waals surface area contributed by atoms with E-state index in [1.165, 1.54) is 11.1 Å². The number of hydrogen-bond acceptors (Lipinski definition) is 7. The molecule has 0 N–H and O–H groups in total. The van der Waals surface area contributed by atoms with E-state index in [-0.39, 0.29) is 18.1 Å². The summed E-state index contributed by atoms with van der Waals surface area (Å²) < 4.78 is 19.6. The molecule has 3 aromatic rings. The van der Waals surface area contributed by atoms with Gasteiger partial charge in [-0.15, -0.1) is 0 Å². The van der Waals surface area contributed by atoms with E-state index >= 15 is 0 Å². The summed E-state index contributed by atoms with van der Waals surface area (Å²) in [6, 6.07) is 9.03. The van der Waals surface area contributed by atoms with Crippen LogP contribution in [0.5, 0.6) is 11.5 Å². The minimum absolute atomic E-state index is 0.171. The zero-order valence-corrected chi connectivity index (χ0v) is 24.9. The van der Waals surface area contributed by atoms with Gasteiger partial charge in [-0.05, 0) is 79.9 Å². The summed E-state index contributed by atoms with van der Waals surface area (Å²) in [6.07, 6.45) is 6.18. The number of carbonyl (C=O) groups is 1. The molecule has 1 aliphatic rings. The molecule has 0 radical (unpaired) electrons. The van der Waals surface area contributed by atoms with Crippen LogP contribution in [0.4, 0.5) is 0 Å². The Bertz CT molecular complexity index is 1400. The molecule has 1 heterocycles. The fraction of sp³-hybridized carbons (Fsp3) is 0.429. The molecule has 0 spiro atoms. The van der Waals surface area contributed by atoms with Crippen molar-refractivity contribution in [2.75, 3.05) is 13.2 Å². The third-order valence-corrected chi connectivity index (χ3v) is 7.58. The fourth-order valence-corrected chi connectivity index (χ4v) is 5.32. The maximum absolute atomic E-state index is 13.6. The van der Waals surface area contributed by atoms with Crippen LogP contribution in [-0.2, 0) is 9.53 Å². The number of carbonyl (C=O) groups excluding carboxylic acids is 1. The Morgan fingerprint density at radius 3 is 2.61 bits per heavy atom. The molecular formula is C28H31Br2N3O5. The standard InChI is InChI=1S/C28H31Br2N3O5/c1-4-36-24-13-19(22(30)15-25(24)38-17(3)28(35)37-5-2)16-31-33-26(18-9-7-6-8-10-18)32-23-12-11-20(29)14-21(23)27(33)34/h11-18H,4-10H2,1-3H3/t17-/m0/s1. The summed E-state index contributed by atoms with van der Waals surface area (Å²) in [7, 11) is 0. The van der Waals surface area contributed by atoms with E-state index in [1.807, 2.05) is 19.1 Å². The predicted molar refractivity (Wildman–Crippen MR) is 155 cm³/mol. The lowest BCUT2D eigenvalue weighted by atomic mass is 9.88. The van der Waals surface area contributed by atoms with Crippen molar-refractivity contribution in [1.29, 1.82) is 0 Å². The molecule has 10 heteroatoms. The van der Waals surface area contributed by atoms with Crippen molar-refractivity contribution in [3.63, 3.8) is 0 Å². The van der Waals surface area contributed by atoms with Gasteiger partial charge in [-0.3, -0.25) is 4.79 Å². The summed E-state index contributed by atoms with van der Waals surface area (Å²) in [5, 5.41) is 5.14. The van der Waals surface area contributed by atoms with Gasteiger partial charge in [-0.2, -0.15) is 9.78 Å². The average molecular weight is 649 g/mol. The van der Waals surface area contributed by atoms with Crippen LogP contribution in [0.25, 0.3) is 10.9 Å². The Hall–Kier alpha value is -2.72. The van der Waals surface area contributed by atoms with Crippen molar-refractivity contribution in [3.05, 3.63) is 61.0 Å². The van der Waals surface area contributed by atoms with Crippen LogP contribution in [0.1, 0.15) is 70.2 Å². The minimum atomic E-state index is -0.805. The molecule has 2 aromatic carbocycles. The van der Waals surface area contributed by atoms with Crippen molar-refractivity contribution >= 4 is 54.9 Å². The number of fused-ring (bicyclic) bond motifs is 1. The van der Waals surface area contributed by atoms with Crippen LogP contribution in [-0.4, -0.2) is 41.2 Å². The molecule has 1 fully saturated rings. The lowest BCUT2D eigenvalue weighted by Crippen LogP contribution is -2.26. The predicted octanol–water partition coefficient (Wildman–Crippen LogP) is 6.58. The monoisotopic (exact) mass is 647 g/mol. The molecular weight excluding hydrogens is 618 g/mol. The lowest BCUT2D eigenvalue weighted by Gasteiger charge is -2.22. The third kappa shape index (κ3) is 6.46. The number of nitrogens with zero attached hydrogens (tertiary/aromatic N) is 3. The number of aromatic nitrogens is 2. The van der Waals surface area contributed by atoms with Gasteiger partial charge < -0.3 is 14.2 Å². The number of esters is 1. The molecule has 0 amide bonds. The van der Waals surface area contributed by atoms with Gasteiger partial charge in [0, 0.05) is 20.4 Å². The van der Waals surface area contributed by atoms with Gasteiger partial charge in [0.25, 0.3) is 5.56 Å². The van der Waals surface area contributed by atoms with E-state index < -0.39 is 12.1 Å². The highest BCUT2D eigenvalue weighted by molar-refractivity contribution is 9.10. The van der Waals surface area contributed by atoms with Crippen LogP contribution >= 0.6 is 31.9 Å². The van der Waals surface area contributed by atoms with Gasteiger partial charge in [0.15, 0.2) is 17.6 Å². The highest BCUT2D eigenvalue weighted by Crippen LogP contribution is 2.35. The first-order chi connectivity index (χ1) is 18.3. The molecule has 0 saturated heterocycles. The van der Waals surface area contributed by atoms with Crippen molar-refractivity contribution in [2.45, 2.75) is 64.9 Å². The number of rotatable bonds is 9. The van der Waals surface area contributed by atoms with E-state index in [4.69, 9.17) is 19.2 Å². The molecule has 4 rings (SSSR count). The van der Waals surface area contributed by atoms with Gasteiger partial charge in [-0.25, -0.2) is 9.78 Å². The van der Waals surface area contributed by atoms with Crippen LogP contribution < -0.4 is 15.0 Å². The molecule has 0 aliphatic heterocycles. The van der Waals surface area contributed by atoms with Crippen molar-refractivity contribution in [1.82, 2.24) is 9.66 Å². The Balaban J connectivity index is 1.75. The van der Waals surface area contributed by atoms with E-state index in [1.54, 1.807) is 38.3 Å². The molecule has 1 aromatic heterocycles. The van der Waals surface area contributed by atoms with E-state index in [2.05, 4.69) is 37.0 Å². The maximum atomic E-state index is 13.6. The van der Waals surface area contributed by atoms with Gasteiger partial charge in [-0.1, -0.05) is 35.2 Å². The van der Waals surface area contributed by atoms with Crippen molar-refractivity contribution in [2.24, 2.45) is 5.10 Å². The first-order valence-electron chi connectivity index (χ1n) is 12.9. The minimum Gasteiger partial charge on any atom is -0.490 e. The van der Waals surface area contributed by atoms with E-state index in [9.17, 15) is 9.59 Å². The van der Waals surface area contributed by atoms with E-state index in [0.29, 0.717) is 44.9 Å². The van der Waals surface area contributed by atoms with Gasteiger partial charge in [0.2, 0.25) is 0 Å². The first-order valence-corrected chi connectivity index (χ1v) is 14.5. The maximum Gasteiger partial charge on any atom is 0.347 e. The van der Waals surface area contributed by atoms with Crippen molar-refractivity contribution < 1.29 is 19.0 Å². The summed E-state index contributed by atoms with van der Waals surface area (Å²) in [5.41, 5.74) is 1.14. The van der Waals surface area contributed by atoms with Crippen LogP contribution in [0.3, 0.4) is 0 Å². The average Bonchev–Trinajstić information content (AvgIpc) is 2.91. The van der Waals surface area contributed by atoms with Crippen LogP contribution in [0.15, 0.2) is 49.2 Å². The van der Waals surface area contributed by atoms with Gasteiger partial charge in [0.1, 0.15) is 5.82 Å². The Kier molecular flexibility index (Phi) is 9.59. The Morgan fingerprint density at radius 1 is 1.13 bits per heavy atom. The second-order valence-electron chi connectivity index (χ2n) is 9.09. The second-order valence-corrected chi connectivity index (χ2v) is 10.9. The summed E-state index contributed by atoms with van der Waals surface area (Å²) in [5.74, 6) is 1.25. The highest BCUT2D eigenvalue weighted by Gasteiger charge is 2.23. The first kappa shape index (κ1) is 28.3. The number of hydrogen-bond donors (Lipinski definition) is 0. The largest absolute Gasteiger partial charge is 0.490 e. The molecule has 202 valence electrons. The van der Waals surface area contributed by atoms with E-state index in [0.717, 1.165) is 30.2 Å². The molecule has 0 unspecified atom stereocenters. The number of benzene rings is 2. The molecule has 0 bridgehead atoms. The summed E-state index contributed by atoms with van der Waals surface area (Å²) in [6.45, 7) is 5.91. The Morgan fingerprint density at radius 2 is 1.89 bits per heavy atom. The van der Waals surface area contributed by atoms with Gasteiger partial charge in [0.05, 0.1) is 30.3 Å². The highest BCUT2D eigenvalue weighted by atomic mass is 79.9. The zero-order valence-electron chi connectivity index (χ0n) is 21.7. The van der Waals surface area contributed by atoms with Gasteiger partial charge >= 0.3 is 5.97 Å². The molecule has 38 heavy (non-hydrogen) atoms. The molecule has 1 saturated carbocycles. The summed E-state index contributed by atoms with van der Waals surface area (Å²) in [4.78, 5) is 30.6. The SMILES string of the molecule is CCOC(=O)[C@H](C)Oc1cc(Br)c(C=Nn2c(C3CCCCC3)nc3ccc(Br)cc3c2=O)cc1OCC. The molecule has 1 aliphatic carbocycles. The quantitative estimate of drug-likeness (QED) is 0.192. The number of ether oxygens (including phenoxy) is 3. The normalized spacial score (nSPS) is 15.1. The lowest BCUT2D eigenvalue weighted by molar-refractivity contribution is -0.150. The molecule has 1 atom stereocenters. The molecule has 8 nitrogen and oxygen atoms in total. The third-order valence-electron chi connectivity index (χ3n) is 6.40. The van der Waals surface area contributed by atoms with Crippen LogP contribution in [0, 0.1) is 0 Å². The summed E-state index contributed by atoms with van der Waals surface area (Å²) >= 11 is 7.03. The number of halogens is 2. The Labute approximate surface area is 238 Å². The van der Waals surface area contributed by atoms with Crippen LogP contribution in [0.2, 0.25) is 0 Å². The zero-order chi connectivity index (χ0) is 27.2. The fourth-order valence-electron chi connectivity index (χ4n) is 4.53.